The molecule has 2 aromatic rings. The van der Waals surface area contributed by atoms with Gasteiger partial charge >= 0.3 is 5.97 Å². The number of amides is 3. The molecule has 1 aliphatic carbocycles. The molecule has 3 rings (SSSR count). The lowest BCUT2D eigenvalue weighted by Crippen LogP contribution is -2.51. The normalized spacial score (nSPS) is 20.8. The molecule has 9 nitrogen and oxygen atoms in total. The first-order valence-corrected chi connectivity index (χ1v) is 12.8. The Morgan fingerprint density at radius 2 is 1.66 bits per heavy atom. The Morgan fingerprint density at radius 1 is 1.05 bits per heavy atom. The van der Waals surface area contributed by atoms with Gasteiger partial charge in [-0.25, -0.2) is 10.3 Å². The minimum Gasteiger partial charge on any atom is -0.467 e. The number of benzene rings is 2. The average Bonchev–Trinajstić information content (AvgIpc) is 3.12. The number of carbonyl (C=O) groups is 4. The summed E-state index contributed by atoms with van der Waals surface area (Å²) in [6, 6.07) is 10.6. The smallest absolute Gasteiger partial charge is 0.328 e. The van der Waals surface area contributed by atoms with Crippen LogP contribution in [0.5, 0.6) is 0 Å². The Balaban J connectivity index is 1.71. The number of hydrogen-bond acceptors (Lipinski definition) is 6. The number of esters is 1. The monoisotopic (exact) mass is 563 g/mol. The van der Waals surface area contributed by atoms with Crippen LogP contribution in [0.1, 0.15) is 49.5 Å². The second-order valence-electron chi connectivity index (χ2n) is 10.1. The largest absolute Gasteiger partial charge is 0.467 e. The molecule has 3 amide bonds. The molecule has 11 heteroatoms. The Kier molecular flexibility index (Phi) is 9.07. The third-order valence-corrected chi connectivity index (χ3v) is 8.42. The van der Waals surface area contributed by atoms with E-state index >= 15 is 0 Å². The molecule has 0 radical (unpaired) electrons. The summed E-state index contributed by atoms with van der Waals surface area (Å²) in [5.41, 5.74) is 1.33. The summed E-state index contributed by atoms with van der Waals surface area (Å²) in [5.74, 6) is -2.57. The van der Waals surface area contributed by atoms with E-state index in [1.165, 1.54) is 7.11 Å². The van der Waals surface area contributed by atoms with Gasteiger partial charge in [-0.2, -0.15) is 0 Å². The van der Waals surface area contributed by atoms with Crippen molar-refractivity contribution in [2.24, 2.45) is 16.7 Å². The maximum atomic E-state index is 13.3. The van der Waals surface area contributed by atoms with E-state index in [0.717, 1.165) is 0 Å². The summed E-state index contributed by atoms with van der Waals surface area (Å²) in [6.07, 6.45) is 0.963. The third kappa shape index (κ3) is 5.80. The Hall–Kier alpha value is -3.14. The lowest BCUT2D eigenvalue weighted by Gasteiger charge is -2.39. The summed E-state index contributed by atoms with van der Waals surface area (Å²) in [6.45, 7) is 5.31. The highest BCUT2D eigenvalue weighted by Crippen LogP contribution is 2.56. The van der Waals surface area contributed by atoms with Crippen LogP contribution in [-0.2, 0) is 25.5 Å². The molecule has 204 valence electrons. The number of methoxy groups -OCH3 is 1. The number of hydroxylamine groups is 1. The van der Waals surface area contributed by atoms with Gasteiger partial charge in [0.2, 0.25) is 11.8 Å². The zero-order chi connectivity index (χ0) is 28.3. The van der Waals surface area contributed by atoms with Crippen LogP contribution in [0.2, 0.25) is 10.0 Å². The van der Waals surface area contributed by atoms with Crippen molar-refractivity contribution in [2.75, 3.05) is 12.4 Å². The molecule has 0 spiro atoms. The highest BCUT2D eigenvalue weighted by atomic mass is 35.5. The molecule has 0 saturated heterocycles. The van der Waals surface area contributed by atoms with Gasteiger partial charge in [0, 0.05) is 18.0 Å². The number of ether oxygens (including phenoxy) is 1. The van der Waals surface area contributed by atoms with Gasteiger partial charge < -0.3 is 15.4 Å². The highest BCUT2D eigenvalue weighted by molar-refractivity contribution is 6.40. The number of carbonyl (C=O) groups excluding carboxylic acids is 4. The van der Waals surface area contributed by atoms with E-state index < -0.39 is 40.6 Å². The molecular formula is C27H31Cl2N3O6. The van der Waals surface area contributed by atoms with Crippen molar-refractivity contribution in [1.29, 1.82) is 0 Å². The van der Waals surface area contributed by atoms with Gasteiger partial charge in [0.1, 0.15) is 6.04 Å². The van der Waals surface area contributed by atoms with Crippen LogP contribution in [0, 0.1) is 16.7 Å². The third-order valence-electron chi connectivity index (χ3n) is 7.79. The van der Waals surface area contributed by atoms with Crippen molar-refractivity contribution in [1.82, 2.24) is 10.8 Å². The quantitative estimate of drug-likeness (QED) is 0.214. The second-order valence-corrected chi connectivity index (χ2v) is 10.9. The number of nitrogens with one attached hydrogen (secondary N) is 3. The Morgan fingerprint density at radius 3 is 2.21 bits per heavy atom. The average molecular weight is 564 g/mol. The summed E-state index contributed by atoms with van der Waals surface area (Å²) in [5, 5.41) is 15.2. The first kappa shape index (κ1) is 29.4. The van der Waals surface area contributed by atoms with E-state index in [0.29, 0.717) is 24.1 Å². The van der Waals surface area contributed by atoms with E-state index in [-0.39, 0.29) is 27.9 Å². The van der Waals surface area contributed by atoms with Crippen LogP contribution in [0.4, 0.5) is 5.69 Å². The highest BCUT2D eigenvalue weighted by Gasteiger charge is 2.58. The van der Waals surface area contributed by atoms with Crippen molar-refractivity contribution in [2.45, 2.75) is 46.1 Å². The van der Waals surface area contributed by atoms with Crippen LogP contribution in [0.25, 0.3) is 0 Å². The number of anilines is 1. The summed E-state index contributed by atoms with van der Waals surface area (Å²) < 4.78 is 4.91. The Labute approximate surface area is 231 Å². The molecule has 1 saturated carbocycles. The molecule has 0 bridgehead atoms. The SMILES string of the molecule is COC(=O)C(Cc1ccc(NC(=O)c2c(Cl)cccc2Cl)cc1)NC(=O)C1CCC(C)(C(=O)NO)C1(C)C. The fourth-order valence-corrected chi connectivity index (χ4v) is 5.53. The molecule has 0 aromatic heterocycles. The minimum atomic E-state index is -0.968. The summed E-state index contributed by atoms with van der Waals surface area (Å²) >= 11 is 12.2. The Bertz CT molecular complexity index is 1210. The van der Waals surface area contributed by atoms with E-state index in [1.807, 2.05) is 0 Å². The van der Waals surface area contributed by atoms with Gasteiger partial charge in [-0.1, -0.05) is 62.2 Å². The first-order valence-electron chi connectivity index (χ1n) is 12.0. The van der Waals surface area contributed by atoms with Gasteiger partial charge in [0.25, 0.3) is 5.91 Å². The number of halogens is 2. The molecule has 3 atom stereocenters. The zero-order valence-electron chi connectivity index (χ0n) is 21.6. The van der Waals surface area contributed by atoms with Crippen molar-refractivity contribution in [3.05, 3.63) is 63.6 Å². The predicted octanol–water partition coefficient (Wildman–Crippen LogP) is 4.39. The fourth-order valence-electron chi connectivity index (χ4n) is 4.96. The molecule has 38 heavy (non-hydrogen) atoms. The van der Waals surface area contributed by atoms with E-state index in [1.54, 1.807) is 68.7 Å². The molecule has 0 aliphatic heterocycles. The van der Waals surface area contributed by atoms with Gasteiger partial charge in [-0.15, -0.1) is 0 Å². The predicted molar refractivity (Wildman–Crippen MR) is 143 cm³/mol. The van der Waals surface area contributed by atoms with Crippen LogP contribution >= 0.6 is 23.2 Å². The van der Waals surface area contributed by atoms with E-state index in [2.05, 4.69) is 10.6 Å². The fraction of sp³-hybridized carbons (Fsp3) is 0.407. The van der Waals surface area contributed by atoms with Gasteiger partial charge in [0.15, 0.2) is 0 Å². The molecule has 2 aromatic carbocycles. The maximum Gasteiger partial charge on any atom is 0.328 e. The van der Waals surface area contributed by atoms with Crippen LogP contribution in [0.15, 0.2) is 42.5 Å². The van der Waals surface area contributed by atoms with Gasteiger partial charge in [-0.3, -0.25) is 19.6 Å². The van der Waals surface area contributed by atoms with Crippen molar-refractivity contribution < 1.29 is 29.1 Å². The maximum absolute atomic E-state index is 13.3. The van der Waals surface area contributed by atoms with Gasteiger partial charge in [-0.05, 0) is 48.1 Å². The van der Waals surface area contributed by atoms with Crippen molar-refractivity contribution >= 4 is 52.6 Å². The van der Waals surface area contributed by atoms with Crippen molar-refractivity contribution in [3.63, 3.8) is 0 Å². The lowest BCUT2D eigenvalue weighted by atomic mass is 9.65. The molecule has 3 unspecified atom stereocenters. The number of hydrogen-bond donors (Lipinski definition) is 4. The molecule has 1 aliphatic rings. The molecule has 1 fully saturated rings. The second kappa shape index (κ2) is 11.7. The molecule has 0 heterocycles. The summed E-state index contributed by atoms with van der Waals surface area (Å²) in [7, 11) is 1.24. The zero-order valence-corrected chi connectivity index (χ0v) is 23.1. The standard InChI is InChI=1S/C27H31Cl2N3O6/c1-26(2)17(12-13-27(26,3)25(36)32-37)22(33)31-20(24(35)38-4)14-15-8-10-16(11-9-15)30-23(34)21-18(28)6-5-7-19(21)29/h5-11,17,20,37H,12-14H2,1-4H3,(H,30,34)(H,31,33)(H,32,36). The lowest BCUT2D eigenvalue weighted by molar-refractivity contribution is -0.149. The summed E-state index contributed by atoms with van der Waals surface area (Å²) in [4.78, 5) is 50.8. The van der Waals surface area contributed by atoms with Crippen LogP contribution in [0.3, 0.4) is 0 Å². The van der Waals surface area contributed by atoms with Crippen molar-refractivity contribution in [3.8, 4) is 0 Å². The van der Waals surface area contributed by atoms with E-state index in [9.17, 15) is 24.4 Å². The first-order chi connectivity index (χ1) is 17.8. The van der Waals surface area contributed by atoms with Crippen LogP contribution in [-0.4, -0.2) is 42.0 Å². The van der Waals surface area contributed by atoms with E-state index in [4.69, 9.17) is 27.9 Å². The van der Waals surface area contributed by atoms with Gasteiger partial charge in [0.05, 0.1) is 28.1 Å². The topological polar surface area (TPSA) is 134 Å². The number of rotatable bonds is 8. The molecular weight excluding hydrogens is 533 g/mol. The molecule has 4 N–H and O–H groups in total. The minimum absolute atomic E-state index is 0.143. The van der Waals surface area contributed by atoms with Crippen LogP contribution < -0.4 is 16.1 Å².